The summed E-state index contributed by atoms with van der Waals surface area (Å²) >= 11 is 5.81. The van der Waals surface area contributed by atoms with Gasteiger partial charge >= 0.3 is 0 Å². The lowest BCUT2D eigenvalue weighted by molar-refractivity contribution is 0.110. The van der Waals surface area contributed by atoms with Gasteiger partial charge in [0.05, 0.1) is 6.10 Å². The van der Waals surface area contributed by atoms with Gasteiger partial charge in [-0.1, -0.05) is 17.7 Å². The fraction of sp³-hybridized carbons (Fsp3) is 0.333. The van der Waals surface area contributed by atoms with Gasteiger partial charge in [-0.05, 0) is 12.1 Å². The van der Waals surface area contributed by atoms with Crippen LogP contribution in [-0.4, -0.2) is 13.7 Å². The molecule has 0 saturated heterocycles. The molecule has 72 valence electrons. The Balaban J connectivity index is 2.99. The number of hydrogen-bond donors (Lipinski definition) is 1. The van der Waals surface area contributed by atoms with Crippen LogP contribution in [0.5, 0.6) is 0 Å². The Labute approximate surface area is 81.4 Å². The zero-order valence-electron chi connectivity index (χ0n) is 7.26. The zero-order valence-corrected chi connectivity index (χ0v) is 8.01. The first-order chi connectivity index (χ1) is 6.19. The lowest BCUT2D eigenvalue weighted by Gasteiger charge is -2.14. The largest absolute Gasteiger partial charge is 0.375 e. The third-order valence-corrected chi connectivity index (χ3v) is 2.14. The van der Waals surface area contributed by atoms with Crippen molar-refractivity contribution in [3.63, 3.8) is 0 Å². The summed E-state index contributed by atoms with van der Waals surface area (Å²) in [5, 5.41) is 0.345. The number of benzene rings is 1. The Bertz CT molecular complexity index is 289. The van der Waals surface area contributed by atoms with Gasteiger partial charge in [0, 0.05) is 24.2 Å². The molecule has 0 heterocycles. The molecule has 0 spiro atoms. The summed E-state index contributed by atoms with van der Waals surface area (Å²) in [6, 6.07) is 4.17. The molecule has 1 unspecified atom stereocenters. The molecule has 1 aromatic rings. The van der Waals surface area contributed by atoms with Gasteiger partial charge in [-0.15, -0.1) is 0 Å². The number of nitrogens with two attached hydrogens (primary N) is 1. The number of ether oxygens (including phenoxy) is 1. The van der Waals surface area contributed by atoms with Crippen LogP contribution in [0.15, 0.2) is 18.2 Å². The second-order valence-corrected chi connectivity index (χ2v) is 3.03. The molecule has 1 atom stereocenters. The maximum atomic E-state index is 12.7. The van der Waals surface area contributed by atoms with E-state index in [9.17, 15) is 4.39 Å². The van der Waals surface area contributed by atoms with Crippen molar-refractivity contribution in [3.8, 4) is 0 Å². The molecule has 1 rings (SSSR count). The molecule has 0 bridgehead atoms. The first kappa shape index (κ1) is 10.4. The molecule has 0 aliphatic heterocycles. The average molecular weight is 204 g/mol. The topological polar surface area (TPSA) is 35.2 Å². The van der Waals surface area contributed by atoms with E-state index in [0.717, 1.165) is 0 Å². The Hall–Kier alpha value is -0.640. The molecule has 1 aromatic carbocycles. The molecule has 2 N–H and O–H groups in total. The molecular formula is C9H11ClFNO. The number of methoxy groups -OCH3 is 1. The lowest BCUT2D eigenvalue weighted by atomic mass is 10.1. The molecular weight excluding hydrogens is 193 g/mol. The van der Waals surface area contributed by atoms with Gasteiger partial charge in [0.15, 0.2) is 0 Å². The summed E-state index contributed by atoms with van der Waals surface area (Å²) in [5.74, 6) is -0.361. The highest BCUT2D eigenvalue weighted by molar-refractivity contribution is 6.31. The van der Waals surface area contributed by atoms with Crippen molar-refractivity contribution in [2.24, 2.45) is 5.73 Å². The highest BCUT2D eigenvalue weighted by atomic mass is 35.5. The van der Waals surface area contributed by atoms with Crippen molar-refractivity contribution in [2.45, 2.75) is 6.10 Å². The SMILES string of the molecule is COC(CN)c1ccc(F)cc1Cl. The molecule has 0 amide bonds. The first-order valence-electron chi connectivity index (χ1n) is 3.87. The third kappa shape index (κ3) is 2.40. The Morgan fingerprint density at radius 1 is 1.62 bits per heavy atom. The van der Waals surface area contributed by atoms with E-state index in [-0.39, 0.29) is 11.9 Å². The second kappa shape index (κ2) is 4.56. The highest BCUT2D eigenvalue weighted by Crippen LogP contribution is 2.25. The fourth-order valence-corrected chi connectivity index (χ4v) is 1.40. The van der Waals surface area contributed by atoms with Crippen molar-refractivity contribution in [3.05, 3.63) is 34.6 Å². The molecule has 0 saturated carbocycles. The van der Waals surface area contributed by atoms with Gasteiger partial charge in [0.1, 0.15) is 5.82 Å². The average Bonchev–Trinajstić information content (AvgIpc) is 2.10. The van der Waals surface area contributed by atoms with Gasteiger partial charge in [0.25, 0.3) is 0 Å². The smallest absolute Gasteiger partial charge is 0.124 e. The van der Waals surface area contributed by atoms with Crippen molar-refractivity contribution in [2.75, 3.05) is 13.7 Å². The van der Waals surface area contributed by atoms with E-state index in [1.807, 2.05) is 0 Å². The summed E-state index contributed by atoms with van der Waals surface area (Å²) < 4.78 is 17.7. The van der Waals surface area contributed by atoms with Crippen LogP contribution >= 0.6 is 11.6 Å². The molecule has 0 aromatic heterocycles. The van der Waals surface area contributed by atoms with E-state index >= 15 is 0 Å². The van der Waals surface area contributed by atoms with Gasteiger partial charge < -0.3 is 10.5 Å². The molecule has 13 heavy (non-hydrogen) atoms. The van der Waals surface area contributed by atoms with Crippen molar-refractivity contribution in [1.29, 1.82) is 0 Å². The van der Waals surface area contributed by atoms with E-state index in [2.05, 4.69) is 0 Å². The van der Waals surface area contributed by atoms with E-state index in [1.54, 1.807) is 6.07 Å². The minimum atomic E-state index is -0.361. The van der Waals surface area contributed by atoms with E-state index in [1.165, 1.54) is 19.2 Å². The summed E-state index contributed by atoms with van der Waals surface area (Å²) in [5.41, 5.74) is 6.16. The molecule has 0 aliphatic rings. The van der Waals surface area contributed by atoms with Crippen LogP contribution in [0.3, 0.4) is 0 Å². The molecule has 0 fully saturated rings. The maximum Gasteiger partial charge on any atom is 0.124 e. The van der Waals surface area contributed by atoms with Crippen LogP contribution in [0.1, 0.15) is 11.7 Å². The predicted molar refractivity (Wildman–Crippen MR) is 50.2 cm³/mol. The van der Waals surface area contributed by atoms with Crippen molar-refractivity contribution < 1.29 is 9.13 Å². The maximum absolute atomic E-state index is 12.7. The number of halogens is 2. The minimum Gasteiger partial charge on any atom is -0.375 e. The van der Waals surface area contributed by atoms with Crippen LogP contribution < -0.4 is 5.73 Å². The van der Waals surface area contributed by atoms with Gasteiger partial charge in [-0.3, -0.25) is 0 Å². The second-order valence-electron chi connectivity index (χ2n) is 2.63. The van der Waals surface area contributed by atoms with Crippen LogP contribution in [0.4, 0.5) is 4.39 Å². The fourth-order valence-electron chi connectivity index (χ4n) is 1.11. The van der Waals surface area contributed by atoms with E-state index in [0.29, 0.717) is 17.1 Å². The molecule has 4 heteroatoms. The van der Waals surface area contributed by atoms with Crippen LogP contribution in [0.25, 0.3) is 0 Å². The van der Waals surface area contributed by atoms with Gasteiger partial charge in [-0.25, -0.2) is 4.39 Å². The third-order valence-electron chi connectivity index (χ3n) is 1.81. The summed E-state index contributed by atoms with van der Waals surface area (Å²) in [6.07, 6.45) is -0.270. The molecule has 2 nitrogen and oxygen atoms in total. The lowest BCUT2D eigenvalue weighted by Crippen LogP contribution is -2.14. The van der Waals surface area contributed by atoms with Crippen molar-refractivity contribution >= 4 is 11.6 Å². The first-order valence-corrected chi connectivity index (χ1v) is 4.24. The Morgan fingerprint density at radius 2 is 2.31 bits per heavy atom. The van der Waals surface area contributed by atoms with E-state index < -0.39 is 0 Å². The predicted octanol–water partition coefficient (Wildman–Crippen LogP) is 2.13. The normalized spacial score (nSPS) is 12.9. The number of rotatable bonds is 3. The van der Waals surface area contributed by atoms with E-state index in [4.69, 9.17) is 22.1 Å². The van der Waals surface area contributed by atoms with Crippen molar-refractivity contribution in [1.82, 2.24) is 0 Å². The number of hydrogen-bond acceptors (Lipinski definition) is 2. The Morgan fingerprint density at radius 3 is 2.77 bits per heavy atom. The monoisotopic (exact) mass is 203 g/mol. The minimum absolute atomic E-state index is 0.270. The van der Waals surface area contributed by atoms with Crippen LogP contribution in [0, 0.1) is 5.82 Å². The van der Waals surface area contributed by atoms with Crippen LogP contribution in [0.2, 0.25) is 5.02 Å². The summed E-state index contributed by atoms with van der Waals surface area (Å²) in [6.45, 7) is 0.321. The molecule has 0 radical (unpaired) electrons. The molecule has 0 aliphatic carbocycles. The van der Waals surface area contributed by atoms with Gasteiger partial charge in [-0.2, -0.15) is 0 Å². The zero-order chi connectivity index (χ0) is 9.84. The van der Waals surface area contributed by atoms with Gasteiger partial charge in [0.2, 0.25) is 0 Å². The standard InChI is InChI=1S/C9H11ClFNO/c1-13-9(5-12)7-3-2-6(11)4-8(7)10/h2-4,9H,5,12H2,1H3. The Kier molecular flexibility index (Phi) is 3.66. The van der Waals surface area contributed by atoms with Crippen LogP contribution in [-0.2, 0) is 4.74 Å². The summed E-state index contributed by atoms with van der Waals surface area (Å²) in [7, 11) is 1.54. The highest BCUT2D eigenvalue weighted by Gasteiger charge is 2.12. The quantitative estimate of drug-likeness (QED) is 0.817. The summed E-state index contributed by atoms with van der Waals surface area (Å²) in [4.78, 5) is 0.